The third kappa shape index (κ3) is 4.28. The van der Waals surface area contributed by atoms with Gasteiger partial charge in [0.05, 0.1) is 6.04 Å². The zero-order valence-corrected chi connectivity index (χ0v) is 13.4. The highest BCUT2D eigenvalue weighted by molar-refractivity contribution is 5.79. The molecule has 0 saturated carbocycles. The minimum absolute atomic E-state index is 0.0982. The molecule has 1 N–H and O–H groups in total. The van der Waals surface area contributed by atoms with Crippen molar-refractivity contribution in [2.24, 2.45) is 0 Å². The molecular formula is C18H22N4O. The fourth-order valence-corrected chi connectivity index (χ4v) is 2.90. The van der Waals surface area contributed by atoms with Crippen LogP contribution in [-0.4, -0.2) is 39.9 Å². The number of carbonyl (C=O) groups excluding carboxylic acids is 1. The van der Waals surface area contributed by atoms with Gasteiger partial charge in [-0.05, 0) is 31.4 Å². The fourth-order valence-electron chi connectivity index (χ4n) is 2.90. The molecule has 0 aliphatic carbocycles. The Kier molecular flexibility index (Phi) is 4.86. The number of nitrogens with zero attached hydrogens (tertiary/aromatic N) is 3. The summed E-state index contributed by atoms with van der Waals surface area (Å²) in [6.45, 7) is 3.47. The third-order valence-corrected chi connectivity index (χ3v) is 4.08. The lowest BCUT2D eigenvalue weighted by atomic mass is 10.1. The number of anilines is 1. The zero-order chi connectivity index (χ0) is 16.1. The summed E-state index contributed by atoms with van der Waals surface area (Å²) < 4.78 is 0. The molecule has 120 valence electrons. The van der Waals surface area contributed by atoms with Crippen LogP contribution < -0.4 is 5.32 Å². The predicted molar refractivity (Wildman–Crippen MR) is 90.1 cm³/mol. The molecule has 2 heterocycles. The number of aromatic nitrogens is 2. The Balaban J connectivity index is 1.47. The second-order valence-corrected chi connectivity index (χ2v) is 6.00. The molecule has 2 aromatic rings. The Morgan fingerprint density at radius 1 is 1.26 bits per heavy atom. The van der Waals surface area contributed by atoms with E-state index in [9.17, 15) is 4.79 Å². The number of hydrogen-bond donors (Lipinski definition) is 1. The molecule has 0 radical (unpaired) electrons. The normalized spacial score (nSPS) is 17.5. The highest BCUT2D eigenvalue weighted by atomic mass is 16.2. The van der Waals surface area contributed by atoms with Crippen molar-refractivity contribution in [2.45, 2.75) is 32.2 Å². The maximum atomic E-state index is 12.1. The van der Waals surface area contributed by atoms with Crippen molar-refractivity contribution in [1.82, 2.24) is 14.9 Å². The van der Waals surface area contributed by atoms with Crippen LogP contribution >= 0.6 is 0 Å². The van der Waals surface area contributed by atoms with Crippen LogP contribution in [0.2, 0.25) is 0 Å². The van der Waals surface area contributed by atoms with Crippen molar-refractivity contribution in [3.8, 4) is 0 Å². The van der Waals surface area contributed by atoms with Gasteiger partial charge in [0.25, 0.3) is 0 Å². The number of benzene rings is 1. The SMILES string of the molecule is Cc1ccnc(N[C@@H]2CC(=O)N(CCCc3ccccc3)C2)n1. The van der Waals surface area contributed by atoms with Gasteiger partial charge in [-0.3, -0.25) is 4.79 Å². The lowest BCUT2D eigenvalue weighted by Gasteiger charge is -2.17. The van der Waals surface area contributed by atoms with Crippen LogP contribution in [0.4, 0.5) is 5.95 Å². The van der Waals surface area contributed by atoms with Crippen LogP contribution in [0.25, 0.3) is 0 Å². The molecular weight excluding hydrogens is 288 g/mol. The van der Waals surface area contributed by atoms with Crippen LogP contribution in [-0.2, 0) is 11.2 Å². The van der Waals surface area contributed by atoms with Gasteiger partial charge in [0, 0.05) is 31.4 Å². The van der Waals surface area contributed by atoms with Crippen molar-refractivity contribution in [1.29, 1.82) is 0 Å². The summed E-state index contributed by atoms with van der Waals surface area (Å²) in [5.74, 6) is 0.817. The number of nitrogens with one attached hydrogen (secondary N) is 1. The lowest BCUT2D eigenvalue weighted by molar-refractivity contribution is -0.127. The van der Waals surface area contributed by atoms with Crippen LogP contribution in [0.15, 0.2) is 42.6 Å². The van der Waals surface area contributed by atoms with E-state index in [1.54, 1.807) is 6.20 Å². The highest BCUT2D eigenvalue weighted by Crippen LogP contribution is 2.16. The molecule has 1 aliphatic rings. The maximum Gasteiger partial charge on any atom is 0.224 e. The number of carbonyl (C=O) groups is 1. The van der Waals surface area contributed by atoms with E-state index < -0.39 is 0 Å². The summed E-state index contributed by atoms with van der Waals surface area (Å²) >= 11 is 0. The third-order valence-electron chi connectivity index (χ3n) is 4.08. The molecule has 5 nitrogen and oxygen atoms in total. The van der Waals surface area contributed by atoms with E-state index in [4.69, 9.17) is 0 Å². The van der Waals surface area contributed by atoms with Gasteiger partial charge in [0.15, 0.2) is 0 Å². The summed E-state index contributed by atoms with van der Waals surface area (Å²) in [6.07, 6.45) is 4.24. The molecule has 23 heavy (non-hydrogen) atoms. The van der Waals surface area contributed by atoms with Gasteiger partial charge < -0.3 is 10.2 Å². The Morgan fingerprint density at radius 2 is 2.09 bits per heavy atom. The molecule has 0 spiro atoms. The molecule has 1 atom stereocenters. The van der Waals surface area contributed by atoms with E-state index >= 15 is 0 Å². The molecule has 5 heteroatoms. The van der Waals surface area contributed by atoms with Gasteiger partial charge in [-0.2, -0.15) is 0 Å². The fraction of sp³-hybridized carbons (Fsp3) is 0.389. The Hall–Kier alpha value is -2.43. The van der Waals surface area contributed by atoms with Crippen molar-refractivity contribution in [2.75, 3.05) is 18.4 Å². The first kappa shape index (κ1) is 15.5. The minimum Gasteiger partial charge on any atom is -0.349 e. The average Bonchev–Trinajstić information content (AvgIpc) is 2.88. The van der Waals surface area contributed by atoms with Crippen LogP contribution in [0, 0.1) is 6.92 Å². The smallest absolute Gasteiger partial charge is 0.224 e. The molecule has 3 rings (SSSR count). The van der Waals surface area contributed by atoms with E-state index in [2.05, 4.69) is 39.6 Å². The van der Waals surface area contributed by atoms with Crippen molar-refractivity contribution >= 4 is 11.9 Å². The summed E-state index contributed by atoms with van der Waals surface area (Å²) in [5.41, 5.74) is 2.24. The Labute approximate surface area is 136 Å². The molecule has 1 amide bonds. The molecule has 1 aliphatic heterocycles. The number of likely N-dealkylation sites (tertiary alicyclic amines) is 1. The van der Waals surface area contributed by atoms with Crippen LogP contribution in [0.5, 0.6) is 0 Å². The van der Waals surface area contributed by atoms with Crippen LogP contribution in [0.3, 0.4) is 0 Å². The lowest BCUT2D eigenvalue weighted by Crippen LogP contribution is -2.29. The number of amides is 1. The molecule has 1 saturated heterocycles. The van der Waals surface area contributed by atoms with Gasteiger partial charge in [0.2, 0.25) is 11.9 Å². The summed E-state index contributed by atoms with van der Waals surface area (Å²) in [5, 5.41) is 3.27. The van der Waals surface area contributed by atoms with E-state index in [0.717, 1.165) is 31.6 Å². The Morgan fingerprint density at radius 3 is 2.87 bits per heavy atom. The van der Waals surface area contributed by atoms with Gasteiger partial charge in [0.1, 0.15) is 0 Å². The first-order chi connectivity index (χ1) is 11.2. The monoisotopic (exact) mass is 310 g/mol. The number of aryl methyl sites for hydroxylation is 2. The van der Waals surface area contributed by atoms with E-state index in [1.807, 2.05) is 24.0 Å². The van der Waals surface area contributed by atoms with Gasteiger partial charge in [-0.15, -0.1) is 0 Å². The Bertz CT molecular complexity index is 659. The second-order valence-electron chi connectivity index (χ2n) is 6.00. The van der Waals surface area contributed by atoms with E-state index in [0.29, 0.717) is 12.4 Å². The predicted octanol–water partition coefficient (Wildman–Crippen LogP) is 2.43. The van der Waals surface area contributed by atoms with E-state index in [1.165, 1.54) is 5.56 Å². The number of hydrogen-bond acceptors (Lipinski definition) is 4. The molecule has 1 aromatic carbocycles. The van der Waals surface area contributed by atoms with Crippen LogP contribution in [0.1, 0.15) is 24.1 Å². The number of rotatable bonds is 6. The first-order valence-electron chi connectivity index (χ1n) is 8.08. The molecule has 1 aromatic heterocycles. The average molecular weight is 310 g/mol. The van der Waals surface area contributed by atoms with E-state index in [-0.39, 0.29) is 11.9 Å². The van der Waals surface area contributed by atoms with Gasteiger partial charge in [-0.25, -0.2) is 9.97 Å². The van der Waals surface area contributed by atoms with Crippen molar-refractivity contribution < 1.29 is 4.79 Å². The summed E-state index contributed by atoms with van der Waals surface area (Å²) in [6, 6.07) is 12.4. The highest BCUT2D eigenvalue weighted by Gasteiger charge is 2.29. The minimum atomic E-state index is 0.0982. The zero-order valence-electron chi connectivity index (χ0n) is 13.4. The van der Waals surface area contributed by atoms with Gasteiger partial charge in [-0.1, -0.05) is 30.3 Å². The summed E-state index contributed by atoms with van der Waals surface area (Å²) in [4.78, 5) is 22.6. The largest absolute Gasteiger partial charge is 0.349 e. The molecule has 0 unspecified atom stereocenters. The first-order valence-corrected chi connectivity index (χ1v) is 8.08. The van der Waals surface area contributed by atoms with Crippen molar-refractivity contribution in [3.05, 3.63) is 53.9 Å². The maximum absolute atomic E-state index is 12.1. The van der Waals surface area contributed by atoms with Crippen molar-refractivity contribution in [3.63, 3.8) is 0 Å². The quantitative estimate of drug-likeness (QED) is 0.890. The molecule has 1 fully saturated rings. The van der Waals surface area contributed by atoms with Gasteiger partial charge >= 0.3 is 0 Å². The standard InChI is InChI=1S/C18H22N4O/c1-14-9-10-19-18(20-14)21-16-12-17(23)22(13-16)11-5-8-15-6-3-2-4-7-15/h2-4,6-7,9-10,16H,5,8,11-13H2,1H3,(H,19,20,21)/t16-/m1/s1. The summed E-state index contributed by atoms with van der Waals surface area (Å²) in [7, 11) is 0. The molecule has 0 bridgehead atoms. The topological polar surface area (TPSA) is 58.1 Å². The second kappa shape index (κ2) is 7.22.